The van der Waals surface area contributed by atoms with Crippen molar-refractivity contribution in [2.75, 3.05) is 11.9 Å². The van der Waals surface area contributed by atoms with Gasteiger partial charge in [-0.05, 0) is 54.6 Å². The van der Waals surface area contributed by atoms with Crippen LogP contribution in [0.4, 0.5) is 10.8 Å². The van der Waals surface area contributed by atoms with E-state index < -0.39 is 10.1 Å². The Kier molecular flexibility index (Phi) is 8.42. The van der Waals surface area contributed by atoms with Crippen molar-refractivity contribution in [2.45, 2.75) is 30.6 Å². The number of nitrogens with one attached hydrogen (secondary N) is 1. The molecule has 1 aliphatic rings. The number of benzene rings is 3. The summed E-state index contributed by atoms with van der Waals surface area (Å²) in [5.41, 5.74) is 1.74. The topological polar surface area (TPSA) is 132 Å². The molecule has 9 nitrogen and oxygen atoms in total. The third-order valence-electron chi connectivity index (χ3n) is 5.99. The van der Waals surface area contributed by atoms with E-state index in [2.05, 4.69) is 15.5 Å². The number of hydrogen-bond donors (Lipinski definition) is 1. The van der Waals surface area contributed by atoms with Crippen LogP contribution < -0.4 is 34.9 Å². The van der Waals surface area contributed by atoms with Crippen molar-refractivity contribution in [1.29, 1.82) is 0 Å². The van der Waals surface area contributed by atoms with Gasteiger partial charge in [0.1, 0.15) is 15.1 Å². The van der Waals surface area contributed by atoms with Gasteiger partial charge >= 0.3 is 29.6 Å². The quantitative estimate of drug-likeness (QED) is 0.145. The first-order chi connectivity index (χ1) is 17.3. The van der Waals surface area contributed by atoms with E-state index in [4.69, 9.17) is 0 Å². The minimum Gasteiger partial charge on any atom is -0.744 e. The molecule has 12 heteroatoms. The molecule has 1 N–H and O–H groups in total. The summed E-state index contributed by atoms with van der Waals surface area (Å²) >= 11 is 1.38. The first kappa shape index (κ1) is 27.4. The van der Waals surface area contributed by atoms with Crippen LogP contribution in [-0.4, -0.2) is 46.4 Å². The number of aryl methyl sites for hydroxylation is 1. The Labute approximate surface area is 239 Å². The Morgan fingerprint density at radius 2 is 1.51 bits per heavy atom. The molecule has 2 heterocycles. The maximum atomic E-state index is 13.0. The van der Waals surface area contributed by atoms with Gasteiger partial charge in [0.25, 0.3) is 11.8 Å². The molecule has 5 rings (SSSR count). The van der Waals surface area contributed by atoms with Crippen molar-refractivity contribution in [1.82, 2.24) is 15.1 Å². The second-order valence-corrected chi connectivity index (χ2v) is 10.8. The maximum Gasteiger partial charge on any atom is 1.00 e. The molecule has 184 valence electrons. The van der Waals surface area contributed by atoms with Crippen LogP contribution in [0.5, 0.6) is 0 Å². The number of carbonyl (C=O) groups excluding carboxylic acids is 2. The van der Waals surface area contributed by atoms with Gasteiger partial charge in [-0.3, -0.25) is 14.5 Å². The standard InChI is InChI=1S/C25H22N4O5S2.Na/c30-23-19-8-4-6-16-7-5-9-20(22(16)19)24(31)29(23)15-3-1-2-10-21-27-28-25(35-21)26-17-11-13-18(14-12-17)36(32,33)34;/h4-9,11-14H,1-3,10,15H2,(H,26,28)(H,32,33,34);/q;+1/p-1. The second-order valence-electron chi connectivity index (χ2n) is 8.39. The first-order valence-corrected chi connectivity index (χ1v) is 13.6. The summed E-state index contributed by atoms with van der Waals surface area (Å²) in [5, 5.41) is 14.3. The molecule has 0 spiro atoms. The van der Waals surface area contributed by atoms with Crippen LogP contribution in [0.3, 0.4) is 0 Å². The van der Waals surface area contributed by atoms with Gasteiger partial charge in [-0.2, -0.15) is 0 Å². The molecule has 4 aromatic rings. The number of carbonyl (C=O) groups is 2. The van der Waals surface area contributed by atoms with Crippen LogP contribution in [-0.2, 0) is 16.5 Å². The van der Waals surface area contributed by atoms with Crippen LogP contribution in [0.25, 0.3) is 10.8 Å². The van der Waals surface area contributed by atoms with E-state index >= 15 is 0 Å². The monoisotopic (exact) mass is 544 g/mol. The van der Waals surface area contributed by atoms with E-state index in [-0.39, 0.29) is 46.3 Å². The van der Waals surface area contributed by atoms with Gasteiger partial charge in [-0.1, -0.05) is 42.0 Å². The Morgan fingerprint density at radius 3 is 2.14 bits per heavy atom. The SMILES string of the molecule is O=C1c2cccc3cccc(c23)C(=O)N1CCCCCc1nnc(Nc2ccc(S(=O)(=O)[O-])cc2)s1.[Na+]. The summed E-state index contributed by atoms with van der Waals surface area (Å²) < 4.78 is 33.1. The molecular weight excluding hydrogens is 523 g/mol. The number of anilines is 2. The summed E-state index contributed by atoms with van der Waals surface area (Å²) in [6.45, 7) is 0.361. The van der Waals surface area contributed by atoms with Gasteiger partial charge in [0.15, 0.2) is 0 Å². The van der Waals surface area contributed by atoms with Gasteiger partial charge in [0.05, 0.1) is 4.90 Å². The van der Waals surface area contributed by atoms with Crippen LogP contribution in [0.15, 0.2) is 65.6 Å². The summed E-state index contributed by atoms with van der Waals surface area (Å²) in [7, 11) is -4.48. The van der Waals surface area contributed by atoms with Crippen LogP contribution in [0.1, 0.15) is 45.0 Å². The molecule has 2 amide bonds. The maximum absolute atomic E-state index is 13.0. The van der Waals surface area contributed by atoms with Crippen molar-refractivity contribution in [3.05, 3.63) is 76.8 Å². The Balaban J connectivity index is 0.00000320. The van der Waals surface area contributed by atoms with Gasteiger partial charge in [0, 0.05) is 35.2 Å². The van der Waals surface area contributed by atoms with Crippen molar-refractivity contribution in [3.8, 4) is 0 Å². The predicted octanol–water partition coefficient (Wildman–Crippen LogP) is 1.35. The molecule has 0 radical (unpaired) electrons. The number of rotatable bonds is 9. The molecule has 0 fully saturated rings. The van der Waals surface area contributed by atoms with E-state index in [1.54, 1.807) is 12.1 Å². The third-order valence-corrected chi connectivity index (χ3v) is 7.74. The summed E-state index contributed by atoms with van der Waals surface area (Å²) in [4.78, 5) is 27.0. The van der Waals surface area contributed by atoms with Gasteiger partial charge in [0.2, 0.25) is 5.13 Å². The molecule has 0 unspecified atom stereocenters. The predicted molar refractivity (Wildman–Crippen MR) is 134 cm³/mol. The number of nitrogens with zero attached hydrogens (tertiary/aromatic N) is 3. The fourth-order valence-corrected chi connectivity index (χ4v) is 5.51. The van der Waals surface area contributed by atoms with Crippen molar-refractivity contribution in [2.24, 2.45) is 0 Å². The normalized spacial score (nSPS) is 13.1. The van der Waals surface area contributed by atoms with E-state index in [9.17, 15) is 22.6 Å². The van der Waals surface area contributed by atoms with Crippen LogP contribution >= 0.6 is 11.3 Å². The smallest absolute Gasteiger partial charge is 0.744 e. The van der Waals surface area contributed by atoms with Gasteiger partial charge < -0.3 is 9.87 Å². The minimum atomic E-state index is -4.48. The summed E-state index contributed by atoms with van der Waals surface area (Å²) in [5.74, 6) is -0.491. The number of imide groups is 1. The average Bonchev–Trinajstić information content (AvgIpc) is 3.31. The van der Waals surface area contributed by atoms with Gasteiger partial charge in [-0.15, -0.1) is 10.2 Å². The fourth-order valence-electron chi connectivity index (χ4n) is 4.24. The molecule has 0 bridgehead atoms. The minimum absolute atomic E-state index is 0. The molecule has 1 aromatic heterocycles. The molecule has 0 aliphatic carbocycles. The van der Waals surface area contributed by atoms with E-state index in [1.165, 1.54) is 40.5 Å². The number of unbranched alkanes of at least 4 members (excludes halogenated alkanes) is 2. The van der Waals surface area contributed by atoms with E-state index in [0.717, 1.165) is 28.6 Å². The number of amides is 2. The fraction of sp³-hybridized carbons (Fsp3) is 0.200. The number of aromatic nitrogens is 2. The van der Waals surface area contributed by atoms with E-state index in [1.807, 2.05) is 24.3 Å². The Bertz CT molecular complexity index is 1520. The van der Waals surface area contributed by atoms with Crippen molar-refractivity contribution < 1.29 is 52.1 Å². The molecule has 0 saturated heterocycles. The third kappa shape index (κ3) is 5.92. The van der Waals surface area contributed by atoms with Crippen LogP contribution in [0, 0.1) is 0 Å². The molecule has 0 saturated carbocycles. The van der Waals surface area contributed by atoms with Crippen molar-refractivity contribution >= 4 is 54.9 Å². The van der Waals surface area contributed by atoms with Crippen molar-refractivity contribution in [3.63, 3.8) is 0 Å². The summed E-state index contributed by atoms with van der Waals surface area (Å²) in [6.07, 6.45) is 3.04. The first-order valence-electron chi connectivity index (χ1n) is 11.3. The molecule has 1 aliphatic heterocycles. The zero-order valence-electron chi connectivity index (χ0n) is 20.0. The Hall–Kier alpha value is -2.67. The summed E-state index contributed by atoms with van der Waals surface area (Å²) in [6, 6.07) is 16.5. The zero-order valence-corrected chi connectivity index (χ0v) is 23.6. The molecule has 0 atom stereocenters. The Morgan fingerprint density at radius 1 is 0.865 bits per heavy atom. The zero-order chi connectivity index (χ0) is 25.3. The number of hydrogen-bond acceptors (Lipinski definition) is 9. The molecular formula is C25H21N4NaO5S2. The van der Waals surface area contributed by atoms with Crippen LogP contribution in [0.2, 0.25) is 0 Å². The molecule has 3 aromatic carbocycles. The molecule has 37 heavy (non-hydrogen) atoms. The second kappa shape index (κ2) is 11.4. The average molecular weight is 545 g/mol. The van der Waals surface area contributed by atoms with Gasteiger partial charge in [-0.25, -0.2) is 8.42 Å². The van der Waals surface area contributed by atoms with E-state index in [0.29, 0.717) is 41.3 Å². The largest absolute Gasteiger partial charge is 1.00 e.